The van der Waals surface area contributed by atoms with E-state index in [-0.39, 0.29) is 25.3 Å². The molecule has 116 valence electrons. The van der Waals surface area contributed by atoms with E-state index < -0.39 is 18.0 Å². The summed E-state index contributed by atoms with van der Waals surface area (Å²) < 4.78 is 38.3. The maximum Gasteiger partial charge on any atom is 0.391 e. The fraction of sp³-hybridized carbons (Fsp3) is 0.533. The highest BCUT2D eigenvalue weighted by molar-refractivity contribution is 5.76. The summed E-state index contributed by atoms with van der Waals surface area (Å²) in [6.07, 6.45) is -2.27. The van der Waals surface area contributed by atoms with Crippen LogP contribution in [0.3, 0.4) is 0 Å². The van der Waals surface area contributed by atoms with Crippen molar-refractivity contribution in [3.8, 4) is 0 Å². The molecule has 0 heterocycles. The van der Waals surface area contributed by atoms with Crippen molar-refractivity contribution >= 4 is 11.6 Å². The minimum Gasteiger partial charge on any atom is -0.382 e. The SMILES string of the molecule is NC(=O)Cc1ccc(NC2CCCC(C(F)(F)F)C2)cc1. The molecule has 3 N–H and O–H groups in total. The normalized spacial score (nSPS) is 22.8. The molecule has 1 aromatic rings. The highest BCUT2D eigenvalue weighted by Crippen LogP contribution is 2.38. The number of hydrogen-bond acceptors (Lipinski definition) is 2. The first-order valence-corrected chi connectivity index (χ1v) is 7.05. The average molecular weight is 300 g/mol. The number of anilines is 1. The van der Waals surface area contributed by atoms with E-state index >= 15 is 0 Å². The van der Waals surface area contributed by atoms with Gasteiger partial charge in [-0.15, -0.1) is 0 Å². The summed E-state index contributed by atoms with van der Waals surface area (Å²) >= 11 is 0. The van der Waals surface area contributed by atoms with Gasteiger partial charge >= 0.3 is 6.18 Å². The number of primary amides is 1. The fourth-order valence-corrected chi connectivity index (χ4v) is 2.77. The van der Waals surface area contributed by atoms with Crippen molar-refractivity contribution in [1.29, 1.82) is 0 Å². The summed E-state index contributed by atoms with van der Waals surface area (Å²) in [5.74, 6) is -1.62. The molecule has 0 aliphatic heterocycles. The number of benzene rings is 1. The van der Waals surface area contributed by atoms with Gasteiger partial charge < -0.3 is 11.1 Å². The van der Waals surface area contributed by atoms with E-state index in [1.54, 1.807) is 24.3 Å². The Labute approximate surface area is 121 Å². The van der Waals surface area contributed by atoms with Crippen LogP contribution < -0.4 is 11.1 Å². The molecule has 0 radical (unpaired) electrons. The smallest absolute Gasteiger partial charge is 0.382 e. The summed E-state index contributed by atoms with van der Waals surface area (Å²) in [6, 6.07) is 6.91. The number of nitrogens with two attached hydrogens (primary N) is 1. The summed E-state index contributed by atoms with van der Waals surface area (Å²) in [4.78, 5) is 10.8. The molecule has 2 atom stereocenters. The Kier molecular flexibility index (Phi) is 4.75. The van der Waals surface area contributed by atoms with Gasteiger partial charge in [-0.05, 0) is 37.0 Å². The van der Waals surface area contributed by atoms with Gasteiger partial charge in [0.1, 0.15) is 0 Å². The molecule has 1 aliphatic carbocycles. The van der Waals surface area contributed by atoms with Gasteiger partial charge in [0.2, 0.25) is 5.91 Å². The lowest BCUT2D eigenvalue weighted by molar-refractivity contribution is -0.182. The van der Waals surface area contributed by atoms with Gasteiger partial charge in [0.05, 0.1) is 12.3 Å². The molecule has 0 bridgehead atoms. The van der Waals surface area contributed by atoms with E-state index in [1.165, 1.54) is 0 Å². The van der Waals surface area contributed by atoms with Crippen LogP contribution in [0, 0.1) is 5.92 Å². The number of alkyl halides is 3. The highest BCUT2D eigenvalue weighted by atomic mass is 19.4. The van der Waals surface area contributed by atoms with Gasteiger partial charge in [0.25, 0.3) is 0 Å². The van der Waals surface area contributed by atoms with Gasteiger partial charge in [-0.25, -0.2) is 0 Å². The number of carbonyl (C=O) groups is 1. The third-order valence-corrected chi connectivity index (χ3v) is 3.84. The van der Waals surface area contributed by atoms with E-state index in [2.05, 4.69) is 5.32 Å². The Bertz CT molecular complexity index is 485. The monoisotopic (exact) mass is 300 g/mol. The Morgan fingerprint density at radius 3 is 2.48 bits per heavy atom. The predicted molar refractivity (Wildman–Crippen MR) is 74.8 cm³/mol. The second-order valence-corrected chi connectivity index (χ2v) is 5.59. The first kappa shape index (κ1) is 15.7. The van der Waals surface area contributed by atoms with Gasteiger partial charge in [-0.1, -0.05) is 18.6 Å². The van der Waals surface area contributed by atoms with Crippen LogP contribution >= 0.6 is 0 Å². The third-order valence-electron chi connectivity index (χ3n) is 3.84. The van der Waals surface area contributed by atoms with Gasteiger partial charge in [-0.3, -0.25) is 4.79 Å². The lowest BCUT2D eigenvalue weighted by Crippen LogP contribution is -2.34. The predicted octanol–water partition coefficient (Wildman–Crippen LogP) is 3.25. The minimum absolute atomic E-state index is 0.118. The number of nitrogens with one attached hydrogen (secondary N) is 1. The third kappa shape index (κ3) is 4.65. The molecular weight excluding hydrogens is 281 g/mol. The van der Waals surface area contributed by atoms with E-state index in [9.17, 15) is 18.0 Å². The summed E-state index contributed by atoms with van der Waals surface area (Å²) in [5, 5.41) is 3.15. The van der Waals surface area contributed by atoms with Crippen molar-refractivity contribution in [2.75, 3.05) is 5.32 Å². The van der Waals surface area contributed by atoms with Crippen molar-refractivity contribution < 1.29 is 18.0 Å². The van der Waals surface area contributed by atoms with Crippen LogP contribution in [0.15, 0.2) is 24.3 Å². The Morgan fingerprint density at radius 1 is 1.24 bits per heavy atom. The molecule has 0 saturated heterocycles. The quantitative estimate of drug-likeness (QED) is 0.897. The zero-order valence-electron chi connectivity index (χ0n) is 11.6. The largest absolute Gasteiger partial charge is 0.391 e. The molecule has 1 aliphatic rings. The van der Waals surface area contributed by atoms with Crippen molar-refractivity contribution in [3.05, 3.63) is 29.8 Å². The lowest BCUT2D eigenvalue weighted by Gasteiger charge is -2.31. The van der Waals surface area contributed by atoms with Crippen molar-refractivity contribution in [2.24, 2.45) is 11.7 Å². The Morgan fingerprint density at radius 2 is 1.90 bits per heavy atom. The number of halogens is 3. The van der Waals surface area contributed by atoms with Crippen LogP contribution in [0.25, 0.3) is 0 Å². The van der Waals surface area contributed by atoms with E-state index in [0.29, 0.717) is 6.42 Å². The molecule has 1 saturated carbocycles. The van der Waals surface area contributed by atoms with Crippen LogP contribution in [-0.2, 0) is 11.2 Å². The molecule has 0 spiro atoms. The van der Waals surface area contributed by atoms with Crippen molar-refractivity contribution in [2.45, 2.75) is 44.3 Å². The first-order chi connectivity index (χ1) is 9.84. The second kappa shape index (κ2) is 6.37. The van der Waals surface area contributed by atoms with E-state index in [1.807, 2.05) is 0 Å². The van der Waals surface area contributed by atoms with Crippen LogP contribution in [0.5, 0.6) is 0 Å². The molecule has 3 nitrogen and oxygen atoms in total. The standard InChI is InChI=1S/C15H19F3N2O/c16-15(17,18)11-2-1-3-13(9-11)20-12-6-4-10(5-7-12)8-14(19)21/h4-7,11,13,20H,1-3,8-9H2,(H2,19,21). The molecule has 1 fully saturated rings. The summed E-state index contributed by atoms with van der Waals surface area (Å²) in [6.45, 7) is 0. The molecule has 21 heavy (non-hydrogen) atoms. The Balaban J connectivity index is 1.93. The number of amides is 1. The lowest BCUT2D eigenvalue weighted by atomic mass is 9.85. The fourth-order valence-electron chi connectivity index (χ4n) is 2.77. The zero-order chi connectivity index (χ0) is 15.5. The molecule has 0 aromatic heterocycles. The second-order valence-electron chi connectivity index (χ2n) is 5.59. The average Bonchev–Trinajstić information content (AvgIpc) is 2.40. The molecule has 1 amide bonds. The summed E-state index contributed by atoms with van der Waals surface area (Å²) in [5.41, 5.74) is 6.68. The van der Waals surface area contributed by atoms with Crippen LogP contribution in [0.4, 0.5) is 18.9 Å². The van der Waals surface area contributed by atoms with Gasteiger partial charge in [0.15, 0.2) is 0 Å². The number of carbonyl (C=O) groups excluding carboxylic acids is 1. The summed E-state index contributed by atoms with van der Waals surface area (Å²) in [7, 11) is 0. The maximum atomic E-state index is 12.8. The maximum absolute atomic E-state index is 12.8. The van der Waals surface area contributed by atoms with Gasteiger partial charge in [-0.2, -0.15) is 13.2 Å². The Hall–Kier alpha value is -1.72. The number of hydrogen-bond donors (Lipinski definition) is 2. The van der Waals surface area contributed by atoms with Crippen LogP contribution in [0.1, 0.15) is 31.2 Å². The van der Waals surface area contributed by atoms with E-state index in [4.69, 9.17) is 5.73 Å². The molecule has 6 heteroatoms. The highest BCUT2D eigenvalue weighted by Gasteiger charge is 2.42. The van der Waals surface area contributed by atoms with Crippen LogP contribution in [-0.4, -0.2) is 18.1 Å². The first-order valence-electron chi connectivity index (χ1n) is 7.05. The zero-order valence-corrected chi connectivity index (χ0v) is 11.6. The number of rotatable bonds is 4. The van der Waals surface area contributed by atoms with Crippen molar-refractivity contribution in [1.82, 2.24) is 0 Å². The minimum atomic E-state index is -4.11. The molecule has 2 unspecified atom stereocenters. The van der Waals surface area contributed by atoms with Gasteiger partial charge in [0, 0.05) is 11.7 Å². The topological polar surface area (TPSA) is 55.1 Å². The van der Waals surface area contributed by atoms with Crippen LogP contribution in [0.2, 0.25) is 0 Å². The van der Waals surface area contributed by atoms with E-state index in [0.717, 1.165) is 17.7 Å². The molecule has 1 aromatic carbocycles. The molecular formula is C15H19F3N2O. The van der Waals surface area contributed by atoms with Crippen molar-refractivity contribution in [3.63, 3.8) is 0 Å². The molecule has 2 rings (SSSR count).